The highest BCUT2D eigenvalue weighted by Gasteiger charge is 2.07. The Morgan fingerprint density at radius 2 is 1.75 bits per heavy atom. The quantitative estimate of drug-likeness (QED) is 0.917. The molecule has 2 rings (SSSR count). The Bertz CT molecular complexity index is 542. The largest absolute Gasteiger partial charge is 0.378 e. The van der Waals surface area contributed by atoms with Crippen LogP contribution in [0.25, 0.3) is 0 Å². The van der Waals surface area contributed by atoms with Gasteiger partial charge in [-0.3, -0.25) is 9.36 Å². The van der Waals surface area contributed by atoms with Crippen molar-refractivity contribution in [3.05, 3.63) is 29.8 Å². The van der Waals surface area contributed by atoms with Crippen molar-refractivity contribution in [2.24, 2.45) is 0 Å². The van der Waals surface area contributed by atoms with Gasteiger partial charge in [0.15, 0.2) is 0 Å². The van der Waals surface area contributed by atoms with E-state index in [-0.39, 0.29) is 12.4 Å². The number of aryl methyl sites for hydroxylation is 1. The molecule has 0 unspecified atom stereocenters. The average Bonchev–Trinajstić information content (AvgIpc) is 2.93. The van der Waals surface area contributed by atoms with Crippen molar-refractivity contribution in [1.29, 1.82) is 0 Å². The van der Waals surface area contributed by atoms with Crippen molar-refractivity contribution in [1.82, 2.24) is 19.6 Å². The van der Waals surface area contributed by atoms with Crippen LogP contribution in [0.5, 0.6) is 0 Å². The van der Waals surface area contributed by atoms with Crippen LogP contribution in [0.3, 0.4) is 0 Å². The molecule has 5 nitrogen and oxygen atoms in total. The third-order valence-electron chi connectivity index (χ3n) is 3.16. The van der Waals surface area contributed by atoms with E-state index in [9.17, 15) is 0 Å². The first-order valence-electron chi connectivity index (χ1n) is 6.80. The minimum absolute atomic E-state index is 0. The molecule has 0 aliphatic rings. The lowest BCUT2D eigenvalue weighted by atomic mass is 10.2. The lowest BCUT2D eigenvalue weighted by molar-refractivity contribution is 0.529. The van der Waals surface area contributed by atoms with Gasteiger partial charge in [0.25, 0.3) is 0 Å². The summed E-state index contributed by atoms with van der Waals surface area (Å²) in [4.78, 5) is 0. The lowest BCUT2D eigenvalue weighted by Crippen LogP contribution is -2.01. The van der Waals surface area contributed by atoms with Crippen LogP contribution in [-0.2, 0) is 6.54 Å². The van der Waals surface area contributed by atoms with Gasteiger partial charge in [0.1, 0.15) is 0 Å². The maximum Gasteiger partial charge on any atom is 0.0729 e. The van der Waals surface area contributed by atoms with Gasteiger partial charge in [0.2, 0.25) is 0 Å². The first kappa shape index (κ1) is 16.6. The predicted molar refractivity (Wildman–Crippen MR) is 84.5 cm³/mol. The summed E-state index contributed by atoms with van der Waals surface area (Å²) in [7, 11) is 0. The molecular formula is C14H24ClN5. The highest BCUT2D eigenvalue weighted by atomic mass is 35.5. The molecule has 1 N–H and O–H groups in total. The number of halogens is 1. The molecule has 0 saturated carbocycles. The summed E-state index contributed by atoms with van der Waals surface area (Å²) in [5.74, 6) is 0. The van der Waals surface area contributed by atoms with Gasteiger partial charge in [-0.15, -0.1) is 12.4 Å². The molecule has 0 aliphatic heterocycles. The topological polar surface area (TPSA) is 47.7 Å². The van der Waals surface area contributed by atoms with E-state index < -0.39 is 0 Å². The summed E-state index contributed by atoms with van der Waals surface area (Å²) in [6, 6.07) is 0.789. The van der Waals surface area contributed by atoms with Gasteiger partial charge in [0.05, 0.1) is 17.6 Å². The summed E-state index contributed by atoms with van der Waals surface area (Å²) < 4.78 is 3.95. The predicted octanol–water partition coefficient (Wildman–Crippen LogP) is 3.58. The van der Waals surface area contributed by atoms with Crippen molar-refractivity contribution in [3.8, 4) is 0 Å². The number of hydrogen-bond acceptors (Lipinski definition) is 3. The Balaban J connectivity index is 0.00000200. The van der Waals surface area contributed by atoms with Crippen LogP contribution in [0.4, 0.5) is 5.69 Å². The summed E-state index contributed by atoms with van der Waals surface area (Å²) in [5, 5.41) is 12.2. The Hall–Kier alpha value is -1.49. The molecule has 0 spiro atoms. The molecule has 2 aromatic rings. The Morgan fingerprint density at radius 3 is 2.25 bits per heavy atom. The van der Waals surface area contributed by atoms with E-state index in [1.165, 1.54) is 5.56 Å². The van der Waals surface area contributed by atoms with E-state index in [1.807, 2.05) is 28.7 Å². The van der Waals surface area contributed by atoms with Crippen molar-refractivity contribution in [3.63, 3.8) is 0 Å². The van der Waals surface area contributed by atoms with Crippen LogP contribution in [-0.4, -0.2) is 19.6 Å². The molecule has 0 aliphatic carbocycles. The molecule has 0 saturated heterocycles. The second-order valence-corrected chi connectivity index (χ2v) is 5.47. The second kappa shape index (κ2) is 6.79. The van der Waals surface area contributed by atoms with E-state index in [0.29, 0.717) is 12.1 Å². The van der Waals surface area contributed by atoms with Crippen molar-refractivity contribution in [2.45, 2.75) is 53.2 Å². The first-order chi connectivity index (χ1) is 8.97. The van der Waals surface area contributed by atoms with Gasteiger partial charge in [-0.05, 0) is 34.6 Å². The van der Waals surface area contributed by atoms with E-state index >= 15 is 0 Å². The number of hydrogen-bond donors (Lipinski definition) is 1. The molecular weight excluding hydrogens is 274 g/mol. The summed E-state index contributed by atoms with van der Waals surface area (Å²) in [6.45, 7) is 11.3. The molecule has 0 amide bonds. The van der Waals surface area contributed by atoms with Crippen LogP contribution >= 0.6 is 12.4 Å². The van der Waals surface area contributed by atoms with Gasteiger partial charge >= 0.3 is 0 Å². The highest BCUT2D eigenvalue weighted by Crippen LogP contribution is 2.14. The standard InChI is InChI=1S/C14H23N5.ClH/c1-10(2)18-9-14(7-16-18)15-6-13-8-19(11(3)4)17-12(13)5;/h7-11,15H,6H2,1-5H3;1H. The van der Waals surface area contributed by atoms with Crippen molar-refractivity contribution >= 4 is 18.1 Å². The Kier molecular flexibility index (Phi) is 5.62. The van der Waals surface area contributed by atoms with Gasteiger partial charge in [-0.25, -0.2) is 0 Å². The first-order valence-corrected chi connectivity index (χ1v) is 6.80. The van der Waals surface area contributed by atoms with Crippen LogP contribution in [0.2, 0.25) is 0 Å². The zero-order chi connectivity index (χ0) is 14.0. The van der Waals surface area contributed by atoms with E-state index in [4.69, 9.17) is 0 Å². The minimum Gasteiger partial charge on any atom is -0.378 e. The van der Waals surface area contributed by atoms with E-state index in [2.05, 4.69) is 49.4 Å². The fraction of sp³-hybridized carbons (Fsp3) is 0.571. The molecule has 20 heavy (non-hydrogen) atoms. The minimum atomic E-state index is 0. The molecule has 0 radical (unpaired) electrons. The molecule has 0 bridgehead atoms. The molecule has 0 atom stereocenters. The van der Waals surface area contributed by atoms with Crippen LogP contribution in [0.15, 0.2) is 18.6 Å². The van der Waals surface area contributed by atoms with E-state index in [1.54, 1.807) is 0 Å². The molecule has 2 aromatic heterocycles. The fourth-order valence-corrected chi connectivity index (χ4v) is 1.87. The average molecular weight is 298 g/mol. The zero-order valence-electron chi connectivity index (χ0n) is 12.8. The summed E-state index contributed by atoms with van der Waals surface area (Å²) >= 11 is 0. The number of nitrogens with zero attached hydrogens (tertiary/aromatic N) is 4. The van der Waals surface area contributed by atoms with Gasteiger partial charge in [-0.1, -0.05) is 0 Å². The van der Waals surface area contributed by atoms with Gasteiger partial charge in [-0.2, -0.15) is 10.2 Å². The summed E-state index contributed by atoms with van der Waals surface area (Å²) in [6.07, 6.45) is 6.01. The van der Waals surface area contributed by atoms with Crippen LogP contribution < -0.4 is 5.32 Å². The Labute approximate surface area is 126 Å². The Morgan fingerprint density at radius 1 is 1.10 bits per heavy atom. The third kappa shape index (κ3) is 3.76. The fourth-order valence-electron chi connectivity index (χ4n) is 1.87. The maximum absolute atomic E-state index is 4.51. The number of anilines is 1. The molecule has 0 fully saturated rings. The molecule has 0 aromatic carbocycles. The zero-order valence-corrected chi connectivity index (χ0v) is 13.6. The summed E-state index contributed by atoms with van der Waals surface area (Å²) in [5.41, 5.74) is 3.36. The third-order valence-corrected chi connectivity index (χ3v) is 3.16. The number of rotatable bonds is 5. The van der Waals surface area contributed by atoms with Crippen molar-refractivity contribution in [2.75, 3.05) is 5.32 Å². The lowest BCUT2D eigenvalue weighted by Gasteiger charge is -2.04. The van der Waals surface area contributed by atoms with E-state index in [0.717, 1.165) is 17.9 Å². The highest BCUT2D eigenvalue weighted by molar-refractivity contribution is 5.85. The smallest absolute Gasteiger partial charge is 0.0729 e. The van der Waals surface area contributed by atoms with Crippen LogP contribution in [0, 0.1) is 6.92 Å². The normalized spacial score (nSPS) is 10.9. The number of nitrogens with one attached hydrogen (secondary N) is 1. The molecule has 112 valence electrons. The SMILES string of the molecule is Cc1nn(C(C)C)cc1CNc1cnn(C(C)C)c1.Cl. The molecule has 6 heteroatoms. The number of aromatic nitrogens is 4. The van der Waals surface area contributed by atoms with Crippen molar-refractivity contribution < 1.29 is 0 Å². The van der Waals surface area contributed by atoms with Gasteiger partial charge < -0.3 is 5.32 Å². The van der Waals surface area contributed by atoms with Crippen LogP contribution in [0.1, 0.15) is 51.0 Å². The van der Waals surface area contributed by atoms with Gasteiger partial charge in [0, 0.05) is 36.6 Å². The molecule has 2 heterocycles. The monoisotopic (exact) mass is 297 g/mol. The second-order valence-electron chi connectivity index (χ2n) is 5.47. The maximum atomic E-state index is 4.51.